The van der Waals surface area contributed by atoms with E-state index in [9.17, 15) is 9.59 Å². The Morgan fingerprint density at radius 1 is 1.60 bits per heavy atom. The maximum atomic E-state index is 11.6. The van der Waals surface area contributed by atoms with Gasteiger partial charge >= 0.3 is 12.0 Å². The topological polar surface area (TPSA) is 60.9 Å². The summed E-state index contributed by atoms with van der Waals surface area (Å²) in [4.78, 5) is 24.5. The molecule has 0 saturated carbocycles. The second-order valence-electron chi connectivity index (χ2n) is 2.91. The average molecular weight is 210 g/mol. The van der Waals surface area contributed by atoms with Crippen LogP contribution >= 0.6 is 0 Å². The quantitative estimate of drug-likeness (QED) is 0.522. The molecule has 0 unspecified atom stereocenters. The van der Waals surface area contributed by atoms with Gasteiger partial charge in [-0.2, -0.15) is 0 Å². The van der Waals surface area contributed by atoms with Crippen molar-refractivity contribution in [3.63, 3.8) is 0 Å². The SMILES string of the molecule is C#CCN(C)C(=O)N(CC=C)CC(=O)O. The minimum absolute atomic E-state index is 0.145. The maximum absolute atomic E-state index is 11.6. The van der Waals surface area contributed by atoms with Gasteiger partial charge in [0, 0.05) is 13.6 Å². The molecule has 0 radical (unpaired) electrons. The van der Waals surface area contributed by atoms with Crippen LogP contribution in [0, 0.1) is 12.3 Å². The highest BCUT2D eigenvalue weighted by atomic mass is 16.4. The smallest absolute Gasteiger partial charge is 0.323 e. The molecule has 0 aliphatic heterocycles. The molecule has 1 N–H and O–H groups in total. The monoisotopic (exact) mass is 210 g/mol. The zero-order valence-corrected chi connectivity index (χ0v) is 8.64. The predicted octanol–water partition coefficient (Wildman–Crippen LogP) is 0.244. The number of rotatable bonds is 5. The first-order valence-electron chi connectivity index (χ1n) is 4.29. The lowest BCUT2D eigenvalue weighted by Crippen LogP contribution is -2.43. The molecule has 0 aromatic heterocycles. The molecule has 82 valence electrons. The molecule has 15 heavy (non-hydrogen) atoms. The van der Waals surface area contributed by atoms with E-state index in [1.54, 1.807) is 0 Å². The van der Waals surface area contributed by atoms with Crippen molar-refractivity contribution < 1.29 is 14.7 Å². The van der Waals surface area contributed by atoms with E-state index < -0.39 is 12.0 Å². The molecule has 0 saturated heterocycles. The molecular weight excluding hydrogens is 196 g/mol. The Hall–Kier alpha value is -1.96. The number of hydrogen-bond acceptors (Lipinski definition) is 2. The lowest BCUT2D eigenvalue weighted by molar-refractivity contribution is -0.137. The van der Waals surface area contributed by atoms with Gasteiger partial charge in [-0.05, 0) is 0 Å². The minimum atomic E-state index is -1.07. The molecule has 2 amide bonds. The maximum Gasteiger partial charge on any atom is 0.323 e. The van der Waals surface area contributed by atoms with Crippen LogP contribution < -0.4 is 0 Å². The fourth-order valence-electron chi connectivity index (χ4n) is 0.975. The summed E-state index contributed by atoms with van der Waals surface area (Å²) in [7, 11) is 1.51. The first kappa shape index (κ1) is 13.0. The molecule has 0 heterocycles. The zero-order chi connectivity index (χ0) is 11.8. The van der Waals surface area contributed by atoms with Crippen LogP contribution in [0.2, 0.25) is 0 Å². The molecule has 0 aromatic carbocycles. The van der Waals surface area contributed by atoms with Crippen molar-refractivity contribution in [2.45, 2.75) is 0 Å². The standard InChI is InChI=1S/C10H14N2O3/c1-4-6-11(3)10(15)12(7-5-2)8-9(13)14/h1,5H,2,6-8H2,3H3,(H,13,14). The van der Waals surface area contributed by atoms with Crippen molar-refractivity contribution in [3.8, 4) is 12.3 Å². The number of urea groups is 1. The lowest BCUT2D eigenvalue weighted by Gasteiger charge is -2.24. The molecule has 0 bridgehead atoms. The third kappa shape index (κ3) is 4.72. The Morgan fingerprint density at radius 2 is 2.20 bits per heavy atom. The van der Waals surface area contributed by atoms with Crippen molar-refractivity contribution in [1.29, 1.82) is 0 Å². The van der Waals surface area contributed by atoms with E-state index in [0.717, 1.165) is 4.90 Å². The summed E-state index contributed by atoms with van der Waals surface area (Å²) in [6.45, 7) is 3.41. The summed E-state index contributed by atoms with van der Waals surface area (Å²) in [5, 5.41) is 8.58. The Morgan fingerprint density at radius 3 is 2.60 bits per heavy atom. The molecular formula is C10H14N2O3. The second-order valence-corrected chi connectivity index (χ2v) is 2.91. The van der Waals surface area contributed by atoms with Crippen LogP contribution in [0.3, 0.4) is 0 Å². The van der Waals surface area contributed by atoms with E-state index in [4.69, 9.17) is 11.5 Å². The van der Waals surface area contributed by atoms with Crippen LogP contribution in [0.15, 0.2) is 12.7 Å². The predicted molar refractivity (Wildman–Crippen MR) is 56.3 cm³/mol. The largest absolute Gasteiger partial charge is 0.480 e. The number of nitrogens with zero attached hydrogens (tertiary/aromatic N) is 2. The van der Waals surface area contributed by atoms with Gasteiger partial charge in [-0.1, -0.05) is 12.0 Å². The molecule has 0 atom stereocenters. The molecule has 0 aliphatic rings. The second kappa shape index (κ2) is 6.49. The first-order valence-corrected chi connectivity index (χ1v) is 4.29. The van der Waals surface area contributed by atoms with E-state index in [1.807, 2.05) is 0 Å². The summed E-state index contributed by atoms with van der Waals surface area (Å²) < 4.78 is 0. The first-order chi connectivity index (χ1) is 7.02. The summed E-state index contributed by atoms with van der Waals surface area (Å²) in [6, 6.07) is -0.421. The molecule has 0 aromatic rings. The molecule has 0 aliphatic carbocycles. The van der Waals surface area contributed by atoms with Crippen LogP contribution in [-0.4, -0.2) is 53.6 Å². The minimum Gasteiger partial charge on any atom is -0.480 e. The van der Waals surface area contributed by atoms with Crippen LogP contribution in [-0.2, 0) is 4.79 Å². The summed E-state index contributed by atoms with van der Waals surface area (Å²) in [5.74, 6) is 1.23. The van der Waals surface area contributed by atoms with Crippen molar-refractivity contribution >= 4 is 12.0 Å². The van der Waals surface area contributed by atoms with Crippen LogP contribution in [0.25, 0.3) is 0 Å². The number of terminal acetylenes is 1. The number of carbonyl (C=O) groups excluding carboxylic acids is 1. The fraction of sp³-hybridized carbons (Fsp3) is 0.400. The van der Waals surface area contributed by atoms with Gasteiger partial charge in [0.25, 0.3) is 0 Å². The molecule has 5 heteroatoms. The molecule has 0 rings (SSSR count). The van der Waals surface area contributed by atoms with Gasteiger partial charge in [0.2, 0.25) is 0 Å². The molecule has 0 fully saturated rings. The number of aliphatic carboxylic acids is 1. The van der Waals surface area contributed by atoms with Gasteiger partial charge in [0.05, 0.1) is 6.54 Å². The number of carboxylic acids is 1. The van der Waals surface area contributed by atoms with Gasteiger partial charge in [0.15, 0.2) is 0 Å². The van der Waals surface area contributed by atoms with E-state index in [0.29, 0.717) is 0 Å². The molecule has 0 spiro atoms. The number of amides is 2. The Balaban J connectivity index is 4.47. The van der Waals surface area contributed by atoms with Crippen LogP contribution in [0.4, 0.5) is 4.79 Å². The highest BCUT2D eigenvalue weighted by molar-refractivity contribution is 5.80. The van der Waals surface area contributed by atoms with Gasteiger partial charge in [-0.3, -0.25) is 4.79 Å². The highest BCUT2D eigenvalue weighted by Crippen LogP contribution is 1.96. The number of carboxylic acid groups (broad SMARTS) is 1. The van der Waals surface area contributed by atoms with E-state index in [2.05, 4.69) is 12.5 Å². The third-order valence-electron chi connectivity index (χ3n) is 1.60. The van der Waals surface area contributed by atoms with E-state index in [-0.39, 0.29) is 19.6 Å². The summed E-state index contributed by atoms with van der Waals surface area (Å²) in [6.07, 6.45) is 6.51. The van der Waals surface area contributed by atoms with Crippen molar-refractivity contribution in [3.05, 3.63) is 12.7 Å². The summed E-state index contributed by atoms with van der Waals surface area (Å²) in [5.41, 5.74) is 0. The summed E-state index contributed by atoms with van der Waals surface area (Å²) >= 11 is 0. The Bertz CT molecular complexity index is 294. The highest BCUT2D eigenvalue weighted by Gasteiger charge is 2.18. The fourth-order valence-corrected chi connectivity index (χ4v) is 0.975. The van der Waals surface area contributed by atoms with Gasteiger partial charge < -0.3 is 14.9 Å². The average Bonchev–Trinajstić information content (AvgIpc) is 2.16. The van der Waals surface area contributed by atoms with Gasteiger partial charge in [-0.25, -0.2) is 4.79 Å². The number of hydrogen-bond donors (Lipinski definition) is 1. The van der Waals surface area contributed by atoms with Crippen molar-refractivity contribution in [2.24, 2.45) is 0 Å². The third-order valence-corrected chi connectivity index (χ3v) is 1.60. The Labute approximate surface area is 89.0 Å². The van der Waals surface area contributed by atoms with E-state index >= 15 is 0 Å². The van der Waals surface area contributed by atoms with Gasteiger partial charge in [0.1, 0.15) is 6.54 Å². The lowest BCUT2D eigenvalue weighted by atomic mass is 10.4. The van der Waals surface area contributed by atoms with Crippen molar-refractivity contribution in [1.82, 2.24) is 9.80 Å². The van der Waals surface area contributed by atoms with E-state index in [1.165, 1.54) is 18.0 Å². The van der Waals surface area contributed by atoms with Gasteiger partial charge in [-0.15, -0.1) is 13.0 Å². The van der Waals surface area contributed by atoms with Crippen LogP contribution in [0.1, 0.15) is 0 Å². The zero-order valence-electron chi connectivity index (χ0n) is 8.64. The Kier molecular flexibility index (Phi) is 5.64. The van der Waals surface area contributed by atoms with Crippen molar-refractivity contribution in [2.75, 3.05) is 26.7 Å². The number of carbonyl (C=O) groups is 2. The van der Waals surface area contributed by atoms with Crippen LogP contribution in [0.5, 0.6) is 0 Å². The normalized spacial score (nSPS) is 8.80. The molecule has 5 nitrogen and oxygen atoms in total.